The zero-order chi connectivity index (χ0) is 15.2. The molecule has 0 radical (unpaired) electrons. The summed E-state index contributed by atoms with van der Waals surface area (Å²) >= 11 is 0. The molecule has 0 aromatic heterocycles. The molecule has 2 aromatic rings. The first-order valence-electron chi connectivity index (χ1n) is 6.70. The second-order valence-corrected chi connectivity index (χ2v) is 4.72. The minimum absolute atomic E-state index is 0.473. The molecule has 2 aromatic carbocycles. The van der Waals surface area contributed by atoms with E-state index in [2.05, 4.69) is 0 Å². The third-order valence-corrected chi connectivity index (χ3v) is 3.32. The Kier molecular flexibility index (Phi) is 5.06. The molecule has 4 heteroatoms. The van der Waals surface area contributed by atoms with E-state index in [1.165, 1.54) is 0 Å². The smallest absolute Gasteiger partial charge is 0.122 e. The Balaban J connectivity index is 2.20. The van der Waals surface area contributed by atoms with Crippen molar-refractivity contribution in [1.82, 2.24) is 0 Å². The number of hydrogen-bond donors (Lipinski definition) is 1. The number of hydrogen-bond acceptors (Lipinski definition) is 4. The summed E-state index contributed by atoms with van der Waals surface area (Å²) in [6, 6.07) is 13.0. The molecular weight excluding hydrogens is 268 g/mol. The van der Waals surface area contributed by atoms with Crippen molar-refractivity contribution in [3.63, 3.8) is 0 Å². The highest BCUT2D eigenvalue weighted by atomic mass is 16.5. The van der Waals surface area contributed by atoms with Crippen molar-refractivity contribution in [1.29, 1.82) is 0 Å². The molecule has 21 heavy (non-hydrogen) atoms. The van der Waals surface area contributed by atoms with E-state index in [9.17, 15) is 5.11 Å². The van der Waals surface area contributed by atoms with Gasteiger partial charge in [0.25, 0.3) is 0 Å². The summed E-state index contributed by atoms with van der Waals surface area (Å²) in [7, 11) is 4.83. The van der Waals surface area contributed by atoms with Gasteiger partial charge in [-0.15, -0.1) is 0 Å². The highest BCUT2D eigenvalue weighted by molar-refractivity contribution is 5.39. The first-order chi connectivity index (χ1) is 10.2. The van der Waals surface area contributed by atoms with Crippen LogP contribution in [-0.4, -0.2) is 26.4 Å². The maximum absolute atomic E-state index is 10.4. The molecule has 0 aliphatic carbocycles. The Morgan fingerprint density at radius 2 is 1.48 bits per heavy atom. The first kappa shape index (κ1) is 15.2. The molecule has 0 aliphatic rings. The molecule has 0 saturated heterocycles. The van der Waals surface area contributed by atoms with Crippen LogP contribution < -0.4 is 14.2 Å². The van der Waals surface area contributed by atoms with Crippen LogP contribution in [0.4, 0.5) is 0 Å². The maximum atomic E-state index is 10.4. The topological polar surface area (TPSA) is 47.9 Å². The van der Waals surface area contributed by atoms with Crippen LogP contribution in [0, 0.1) is 0 Å². The Morgan fingerprint density at radius 3 is 2.05 bits per heavy atom. The summed E-state index contributed by atoms with van der Waals surface area (Å²) in [5.74, 6) is 2.15. The average molecular weight is 288 g/mol. The van der Waals surface area contributed by atoms with Crippen LogP contribution in [-0.2, 0) is 6.42 Å². The lowest BCUT2D eigenvalue weighted by atomic mass is 10.0. The normalized spacial score (nSPS) is 11.8. The fourth-order valence-corrected chi connectivity index (χ4v) is 2.17. The monoisotopic (exact) mass is 288 g/mol. The van der Waals surface area contributed by atoms with Crippen LogP contribution in [0.1, 0.15) is 17.2 Å². The van der Waals surface area contributed by atoms with E-state index >= 15 is 0 Å². The SMILES string of the molecule is COc1cc(CC(O)c2cccc(OC)c2)cc(OC)c1. The van der Waals surface area contributed by atoms with Crippen LogP contribution in [0.2, 0.25) is 0 Å². The van der Waals surface area contributed by atoms with Crippen molar-refractivity contribution in [2.75, 3.05) is 21.3 Å². The van der Waals surface area contributed by atoms with Crippen LogP contribution in [0.15, 0.2) is 42.5 Å². The van der Waals surface area contributed by atoms with Gasteiger partial charge in [-0.2, -0.15) is 0 Å². The van der Waals surface area contributed by atoms with Crippen LogP contribution in [0.25, 0.3) is 0 Å². The van der Waals surface area contributed by atoms with Crippen molar-refractivity contribution in [2.24, 2.45) is 0 Å². The lowest BCUT2D eigenvalue weighted by Crippen LogP contribution is -2.03. The first-order valence-corrected chi connectivity index (χ1v) is 6.70. The zero-order valence-electron chi connectivity index (χ0n) is 12.5. The van der Waals surface area contributed by atoms with Gasteiger partial charge in [0.1, 0.15) is 17.2 Å². The van der Waals surface area contributed by atoms with Gasteiger partial charge in [0.2, 0.25) is 0 Å². The molecule has 0 bridgehead atoms. The van der Waals surface area contributed by atoms with Gasteiger partial charge in [-0.25, -0.2) is 0 Å². The van der Waals surface area contributed by atoms with Crippen molar-refractivity contribution in [3.05, 3.63) is 53.6 Å². The minimum atomic E-state index is -0.614. The molecular formula is C17H20O4. The number of ether oxygens (including phenoxy) is 3. The molecule has 0 spiro atoms. The van der Waals surface area contributed by atoms with Gasteiger partial charge in [-0.05, 0) is 35.4 Å². The minimum Gasteiger partial charge on any atom is -0.497 e. The van der Waals surface area contributed by atoms with E-state index in [4.69, 9.17) is 14.2 Å². The largest absolute Gasteiger partial charge is 0.497 e. The van der Waals surface area contributed by atoms with Crippen molar-refractivity contribution in [2.45, 2.75) is 12.5 Å². The molecule has 0 aliphatic heterocycles. The maximum Gasteiger partial charge on any atom is 0.122 e. The van der Waals surface area contributed by atoms with Gasteiger partial charge < -0.3 is 19.3 Å². The van der Waals surface area contributed by atoms with Gasteiger partial charge in [0, 0.05) is 12.5 Å². The van der Waals surface area contributed by atoms with E-state index in [1.807, 2.05) is 36.4 Å². The summed E-state index contributed by atoms with van der Waals surface area (Å²) in [5.41, 5.74) is 1.76. The highest BCUT2D eigenvalue weighted by Gasteiger charge is 2.11. The predicted molar refractivity (Wildman–Crippen MR) is 81.2 cm³/mol. The molecule has 0 amide bonds. The fraction of sp³-hybridized carbons (Fsp3) is 0.294. The molecule has 2 rings (SSSR count). The lowest BCUT2D eigenvalue weighted by Gasteiger charge is -2.14. The van der Waals surface area contributed by atoms with Crippen LogP contribution >= 0.6 is 0 Å². The average Bonchev–Trinajstić information content (AvgIpc) is 2.54. The molecule has 112 valence electrons. The summed E-state index contributed by atoms with van der Waals surface area (Å²) < 4.78 is 15.7. The Bertz CT molecular complexity index is 573. The highest BCUT2D eigenvalue weighted by Crippen LogP contribution is 2.27. The van der Waals surface area contributed by atoms with E-state index in [1.54, 1.807) is 27.4 Å². The molecule has 0 saturated carbocycles. The summed E-state index contributed by atoms with van der Waals surface area (Å²) in [4.78, 5) is 0. The van der Waals surface area contributed by atoms with Gasteiger partial charge in [-0.3, -0.25) is 0 Å². The van der Waals surface area contributed by atoms with E-state index < -0.39 is 6.10 Å². The predicted octanol–water partition coefficient (Wildman–Crippen LogP) is 2.99. The second-order valence-electron chi connectivity index (χ2n) is 4.72. The third kappa shape index (κ3) is 3.89. The number of methoxy groups -OCH3 is 3. The molecule has 0 heterocycles. The quantitative estimate of drug-likeness (QED) is 0.887. The fourth-order valence-electron chi connectivity index (χ4n) is 2.17. The number of aliphatic hydroxyl groups is 1. The van der Waals surface area contributed by atoms with E-state index in [-0.39, 0.29) is 0 Å². The zero-order valence-corrected chi connectivity index (χ0v) is 12.5. The van der Waals surface area contributed by atoms with Gasteiger partial charge in [0.05, 0.1) is 27.4 Å². The third-order valence-electron chi connectivity index (χ3n) is 3.32. The molecule has 4 nitrogen and oxygen atoms in total. The van der Waals surface area contributed by atoms with Crippen molar-refractivity contribution in [3.8, 4) is 17.2 Å². The summed E-state index contributed by atoms with van der Waals surface area (Å²) in [6.45, 7) is 0. The summed E-state index contributed by atoms with van der Waals surface area (Å²) in [6.07, 6.45) is -0.141. The molecule has 1 atom stereocenters. The standard InChI is InChI=1S/C17H20O4/c1-19-14-6-4-5-13(10-14)17(18)9-12-7-15(20-2)11-16(8-12)21-3/h4-8,10-11,17-18H,9H2,1-3H3. The molecule has 1 N–H and O–H groups in total. The van der Waals surface area contributed by atoms with Gasteiger partial charge in [0.15, 0.2) is 0 Å². The number of rotatable bonds is 6. The van der Waals surface area contributed by atoms with Crippen LogP contribution in [0.5, 0.6) is 17.2 Å². The molecule has 0 fully saturated rings. The summed E-state index contributed by atoms with van der Waals surface area (Å²) in [5, 5.41) is 10.4. The Morgan fingerprint density at radius 1 is 0.857 bits per heavy atom. The van der Waals surface area contributed by atoms with Gasteiger partial charge >= 0.3 is 0 Å². The lowest BCUT2D eigenvalue weighted by molar-refractivity contribution is 0.178. The van der Waals surface area contributed by atoms with E-state index in [0.717, 1.165) is 16.9 Å². The van der Waals surface area contributed by atoms with Gasteiger partial charge in [-0.1, -0.05) is 12.1 Å². The van der Waals surface area contributed by atoms with Crippen molar-refractivity contribution >= 4 is 0 Å². The number of benzene rings is 2. The number of aliphatic hydroxyl groups excluding tert-OH is 1. The van der Waals surface area contributed by atoms with E-state index in [0.29, 0.717) is 17.9 Å². The second kappa shape index (κ2) is 6.99. The Hall–Kier alpha value is -2.20. The Labute approximate surface area is 124 Å². The van der Waals surface area contributed by atoms with Crippen molar-refractivity contribution < 1.29 is 19.3 Å². The van der Waals surface area contributed by atoms with Crippen LogP contribution in [0.3, 0.4) is 0 Å². The molecule has 1 unspecified atom stereocenters.